The molecule has 0 saturated carbocycles. The largest absolute Gasteiger partial charge is 0.466 e. The first-order valence-electron chi connectivity index (χ1n) is 10.9. The number of amides is 1. The van der Waals surface area contributed by atoms with Gasteiger partial charge in [0.2, 0.25) is 0 Å². The number of aryl methyl sites for hydroxylation is 1. The third-order valence-electron chi connectivity index (χ3n) is 6.02. The number of carbonyl (C=O) groups excluding carboxylic acids is 2. The Morgan fingerprint density at radius 3 is 2.73 bits per heavy atom. The number of carbonyl (C=O) groups is 2. The first-order chi connectivity index (χ1) is 14.6. The van der Waals surface area contributed by atoms with E-state index in [0.717, 1.165) is 41.9 Å². The molecule has 2 atom stereocenters. The number of anilines is 1. The van der Waals surface area contributed by atoms with Crippen molar-refractivity contribution < 1.29 is 19.2 Å². The minimum absolute atomic E-state index is 0.0203. The molecule has 1 amide bonds. The summed E-state index contributed by atoms with van der Waals surface area (Å²) in [5.41, 5.74) is 3.20. The van der Waals surface area contributed by atoms with Gasteiger partial charge in [0.1, 0.15) is 5.92 Å². The van der Waals surface area contributed by atoms with Gasteiger partial charge in [0, 0.05) is 34.0 Å². The van der Waals surface area contributed by atoms with Gasteiger partial charge in [-0.25, -0.2) is 0 Å². The molecule has 1 aliphatic heterocycles. The molecule has 0 radical (unpaired) electrons. The maximum Gasteiger partial charge on any atom is 0.314 e. The number of fused-ring (bicyclic) bond motifs is 3. The predicted molar refractivity (Wildman–Crippen MR) is 119 cm³/mol. The second-order valence-electron chi connectivity index (χ2n) is 8.01. The molecule has 1 fully saturated rings. The minimum atomic E-state index is -0.132. The highest BCUT2D eigenvalue weighted by molar-refractivity contribution is 6.09. The first-order valence-corrected chi connectivity index (χ1v) is 10.9. The Balaban J connectivity index is 1.47. The minimum Gasteiger partial charge on any atom is -0.466 e. The van der Waals surface area contributed by atoms with Gasteiger partial charge in [-0.3, -0.25) is 9.59 Å². The molecule has 1 aliphatic rings. The average Bonchev–Trinajstić information content (AvgIpc) is 3.07. The fourth-order valence-electron chi connectivity index (χ4n) is 4.68. The number of esters is 1. The summed E-state index contributed by atoms with van der Waals surface area (Å²) in [6.07, 6.45) is 1.79. The van der Waals surface area contributed by atoms with Gasteiger partial charge in [-0.15, -0.1) is 0 Å². The van der Waals surface area contributed by atoms with Crippen molar-refractivity contribution in [1.29, 1.82) is 0 Å². The van der Waals surface area contributed by atoms with E-state index in [-0.39, 0.29) is 17.8 Å². The molecule has 4 rings (SSSR count). The van der Waals surface area contributed by atoms with Gasteiger partial charge in [-0.1, -0.05) is 18.2 Å². The number of hydrogen-bond acceptors (Lipinski definition) is 3. The van der Waals surface area contributed by atoms with Crippen LogP contribution in [0.1, 0.15) is 26.7 Å². The van der Waals surface area contributed by atoms with Crippen LogP contribution >= 0.6 is 0 Å². The summed E-state index contributed by atoms with van der Waals surface area (Å²) < 4.78 is 7.46. The summed E-state index contributed by atoms with van der Waals surface area (Å²) in [5.74, 6) is -0.251. The molecular formula is C24H30N3O3+. The van der Waals surface area contributed by atoms with Crippen LogP contribution < -0.4 is 10.2 Å². The lowest BCUT2D eigenvalue weighted by Gasteiger charge is -2.28. The SMILES string of the molecule is CCOC(=O)[C@H]1CCC[NH+](CC(=O)Nc2ccc3c(c2)c2ccccc2n3CC)C1. The topological polar surface area (TPSA) is 64.8 Å². The molecule has 2 N–H and O–H groups in total. The molecule has 158 valence electrons. The summed E-state index contributed by atoms with van der Waals surface area (Å²) in [6.45, 7) is 7.21. The highest BCUT2D eigenvalue weighted by atomic mass is 16.5. The van der Waals surface area contributed by atoms with Crippen molar-refractivity contribution in [2.45, 2.75) is 33.2 Å². The summed E-state index contributed by atoms with van der Waals surface area (Å²) in [6, 6.07) is 14.5. The predicted octanol–water partition coefficient (Wildman–Crippen LogP) is 2.61. The molecule has 0 aliphatic carbocycles. The van der Waals surface area contributed by atoms with Gasteiger partial charge in [0.25, 0.3) is 5.91 Å². The van der Waals surface area contributed by atoms with Crippen LogP contribution in [0.5, 0.6) is 0 Å². The number of ether oxygens (including phenoxy) is 1. The molecule has 2 heterocycles. The number of para-hydroxylation sites is 1. The first kappa shape index (κ1) is 20.4. The van der Waals surface area contributed by atoms with Crippen molar-refractivity contribution in [3.05, 3.63) is 42.5 Å². The molecule has 1 saturated heterocycles. The van der Waals surface area contributed by atoms with Crippen LogP contribution in [0.25, 0.3) is 21.8 Å². The highest BCUT2D eigenvalue weighted by Crippen LogP contribution is 2.30. The van der Waals surface area contributed by atoms with Gasteiger partial charge >= 0.3 is 5.97 Å². The number of hydrogen-bond donors (Lipinski definition) is 2. The number of likely N-dealkylation sites (tertiary alicyclic amines) is 1. The number of piperidine rings is 1. The van der Waals surface area contributed by atoms with E-state index in [0.29, 0.717) is 19.7 Å². The van der Waals surface area contributed by atoms with E-state index in [1.807, 2.05) is 19.1 Å². The summed E-state index contributed by atoms with van der Waals surface area (Å²) in [5, 5.41) is 5.41. The molecule has 2 aromatic carbocycles. The van der Waals surface area contributed by atoms with Crippen molar-refractivity contribution in [2.24, 2.45) is 5.92 Å². The Hall–Kier alpha value is -2.86. The summed E-state index contributed by atoms with van der Waals surface area (Å²) >= 11 is 0. The monoisotopic (exact) mass is 408 g/mol. The molecule has 6 heteroatoms. The van der Waals surface area contributed by atoms with E-state index in [4.69, 9.17) is 4.74 Å². The number of rotatable bonds is 6. The lowest BCUT2D eigenvalue weighted by Crippen LogP contribution is -3.14. The van der Waals surface area contributed by atoms with Crippen LogP contribution in [-0.2, 0) is 20.9 Å². The number of aromatic nitrogens is 1. The van der Waals surface area contributed by atoms with Crippen LogP contribution in [0, 0.1) is 5.92 Å². The summed E-state index contributed by atoms with van der Waals surface area (Å²) in [7, 11) is 0. The quantitative estimate of drug-likeness (QED) is 0.617. The Morgan fingerprint density at radius 1 is 1.13 bits per heavy atom. The third-order valence-corrected chi connectivity index (χ3v) is 6.02. The van der Waals surface area contributed by atoms with Gasteiger partial charge in [-0.05, 0) is 51.0 Å². The fourth-order valence-corrected chi connectivity index (χ4v) is 4.68. The average molecular weight is 409 g/mol. The van der Waals surface area contributed by atoms with Crippen molar-refractivity contribution in [3.63, 3.8) is 0 Å². The van der Waals surface area contributed by atoms with Gasteiger partial charge in [0.15, 0.2) is 6.54 Å². The number of benzene rings is 2. The van der Waals surface area contributed by atoms with Crippen LogP contribution in [-0.4, -0.2) is 42.7 Å². The van der Waals surface area contributed by atoms with Crippen LogP contribution in [0.4, 0.5) is 5.69 Å². The maximum atomic E-state index is 12.7. The zero-order chi connectivity index (χ0) is 21.1. The van der Waals surface area contributed by atoms with Gasteiger partial charge in [-0.2, -0.15) is 0 Å². The van der Waals surface area contributed by atoms with E-state index in [1.54, 1.807) is 0 Å². The van der Waals surface area contributed by atoms with Crippen molar-refractivity contribution >= 4 is 39.4 Å². The van der Waals surface area contributed by atoms with Crippen LogP contribution in [0.2, 0.25) is 0 Å². The maximum absolute atomic E-state index is 12.7. The molecule has 30 heavy (non-hydrogen) atoms. The van der Waals surface area contributed by atoms with E-state index in [1.165, 1.54) is 16.4 Å². The van der Waals surface area contributed by atoms with Crippen LogP contribution in [0.3, 0.4) is 0 Å². The number of nitrogens with zero attached hydrogens (tertiary/aromatic N) is 1. The Labute approximate surface area is 176 Å². The Morgan fingerprint density at radius 2 is 1.93 bits per heavy atom. The molecule has 1 aromatic heterocycles. The van der Waals surface area contributed by atoms with Crippen LogP contribution in [0.15, 0.2) is 42.5 Å². The van der Waals surface area contributed by atoms with E-state index < -0.39 is 0 Å². The van der Waals surface area contributed by atoms with E-state index in [9.17, 15) is 9.59 Å². The zero-order valence-corrected chi connectivity index (χ0v) is 17.7. The molecule has 1 unspecified atom stereocenters. The Kier molecular flexibility index (Phi) is 6.04. The van der Waals surface area contributed by atoms with Crippen molar-refractivity contribution in [3.8, 4) is 0 Å². The van der Waals surface area contributed by atoms with Gasteiger partial charge in [0.05, 0.1) is 19.7 Å². The highest BCUT2D eigenvalue weighted by Gasteiger charge is 2.30. The molecule has 0 bridgehead atoms. The lowest BCUT2D eigenvalue weighted by atomic mass is 9.98. The van der Waals surface area contributed by atoms with E-state index >= 15 is 0 Å². The fraction of sp³-hybridized carbons (Fsp3) is 0.417. The van der Waals surface area contributed by atoms with Crippen molar-refractivity contribution in [1.82, 2.24) is 4.57 Å². The Bertz CT molecular complexity index is 1070. The summed E-state index contributed by atoms with van der Waals surface area (Å²) in [4.78, 5) is 25.9. The zero-order valence-electron chi connectivity index (χ0n) is 17.7. The second kappa shape index (κ2) is 8.88. The number of quaternary nitrogens is 1. The molecule has 3 aromatic rings. The number of nitrogens with one attached hydrogen (secondary N) is 2. The molecule has 0 spiro atoms. The van der Waals surface area contributed by atoms with Gasteiger partial charge < -0.3 is 19.5 Å². The second-order valence-corrected chi connectivity index (χ2v) is 8.01. The molecular weight excluding hydrogens is 378 g/mol. The lowest BCUT2D eigenvalue weighted by molar-refractivity contribution is -0.899. The normalized spacial score (nSPS) is 19.1. The van der Waals surface area contributed by atoms with Crippen molar-refractivity contribution in [2.75, 3.05) is 31.6 Å². The third kappa shape index (κ3) is 4.05. The standard InChI is InChI=1S/C24H29N3O3/c1-3-27-21-10-6-5-9-19(21)20-14-18(11-12-22(20)27)25-23(28)16-26-13-7-8-17(15-26)24(29)30-4-2/h5-6,9-12,14,17H,3-4,7-8,13,15-16H2,1-2H3,(H,25,28)/p+1/t17-/m0/s1. The molecule has 6 nitrogen and oxygen atoms in total. The smallest absolute Gasteiger partial charge is 0.314 e. The van der Waals surface area contributed by atoms with E-state index in [2.05, 4.69) is 47.1 Å².